The molecule has 1 heterocycles. The molecular weight excluding hydrogens is 182 g/mol. The fourth-order valence-corrected chi connectivity index (χ4v) is 1.40. The molecule has 1 unspecified atom stereocenters. The maximum absolute atomic E-state index is 10.7. The van der Waals surface area contributed by atoms with Gasteiger partial charge in [0.2, 0.25) is 0 Å². The molecule has 1 atom stereocenters. The molecule has 0 amide bonds. The first-order chi connectivity index (χ1) is 6.74. The number of carbonyl (C=O) groups excluding carboxylic acids is 1. The summed E-state index contributed by atoms with van der Waals surface area (Å²) in [5.41, 5.74) is 0. The van der Waals surface area contributed by atoms with Gasteiger partial charge in [0.15, 0.2) is 0 Å². The van der Waals surface area contributed by atoms with Crippen LogP contribution in [0.15, 0.2) is 12.7 Å². The Hall–Kier alpha value is -0.870. The summed E-state index contributed by atoms with van der Waals surface area (Å²) in [4.78, 5) is 13.0. The summed E-state index contributed by atoms with van der Waals surface area (Å²) in [7, 11) is 2.06. The van der Waals surface area contributed by atoms with Crippen molar-refractivity contribution >= 4 is 5.97 Å². The molecule has 1 aliphatic rings. The lowest BCUT2D eigenvalue weighted by molar-refractivity contribution is -0.138. The SMILES string of the molecule is C=CC(=O)OCCC1COCCN1C. The van der Waals surface area contributed by atoms with E-state index in [0.717, 1.165) is 26.2 Å². The lowest BCUT2D eigenvalue weighted by Crippen LogP contribution is -2.43. The van der Waals surface area contributed by atoms with E-state index in [-0.39, 0.29) is 5.97 Å². The highest BCUT2D eigenvalue weighted by atomic mass is 16.5. The number of carbonyl (C=O) groups is 1. The van der Waals surface area contributed by atoms with Crippen LogP contribution in [0, 0.1) is 0 Å². The molecule has 4 nitrogen and oxygen atoms in total. The summed E-state index contributed by atoms with van der Waals surface area (Å²) >= 11 is 0. The maximum Gasteiger partial charge on any atom is 0.330 e. The maximum atomic E-state index is 10.7. The number of ether oxygens (including phenoxy) is 2. The summed E-state index contributed by atoms with van der Waals surface area (Å²) in [6.07, 6.45) is 2.00. The van der Waals surface area contributed by atoms with Crippen LogP contribution < -0.4 is 0 Å². The highest BCUT2D eigenvalue weighted by Gasteiger charge is 2.19. The van der Waals surface area contributed by atoms with E-state index in [2.05, 4.69) is 18.5 Å². The minimum Gasteiger partial charge on any atom is -0.462 e. The van der Waals surface area contributed by atoms with Gasteiger partial charge < -0.3 is 9.47 Å². The molecule has 0 radical (unpaired) electrons. The van der Waals surface area contributed by atoms with Crippen LogP contribution in [0.1, 0.15) is 6.42 Å². The quantitative estimate of drug-likeness (QED) is 0.486. The fraction of sp³-hybridized carbons (Fsp3) is 0.700. The zero-order valence-electron chi connectivity index (χ0n) is 8.57. The molecule has 0 aromatic heterocycles. The summed E-state index contributed by atoms with van der Waals surface area (Å²) in [6.45, 7) is 6.23. The van der Waals surface area contributed by atoms with Gasteiger partial charge in [0, 0.05) is 18.7 Å². The van der Waals surface area contributed by atoms with Crippen LogP contribution in [-0.4, -0.2) is 50.3 Å². The van der Waals surface area contributed by atoms with Crippen molar-refractivity contribution in [3.05, 3.63) is 12.7 Å². The molecule has 1 saturated heterocycles. The van der Waals surface area contributed by atoms with Crippen LogP contribution in [0.4, 0.5) is 0 Å². The minimum absolute atomic E-state index is 0.357. The number of rotatable bonds is 4. The first-order valence-electron chi connectivity index (χ1n) is 4.81. The summed E-state index contributed by atoms with van der Waals surface area (Å²) in [5, 5.41) is 0. The zero-order chi connectivity index (χ0) is 10.4. The Morgan fingerprint density at radius 3 is 3.21 bits per heavy atom. The number of hydrogen-bond donors (Lipinski definition) is 0. The average molecular weight is 199 g/mol. The predicted molar refractivity (Wildman–Crippen MR) is 53.0 cm³/mol. The van der Waals surface area contributed by atoms with Crippen molar-refractivity contribution < 1.29 is 14.3 Å². The van der Waals surface area contributed by atoms with E-state index in [1.54, 1.807) is 0 Å². The zero-order valence-corrected chi connectivity index (χ0v) is 8.57. The molecule has 80 valence electrons. The molecule has 0 N–H and O–H groups in total. The van der Waals surface area contributed by atoms with Gasteiger partial charge in [-0.2, -0.15) is 0 Å². The molecule has 0 aromatic carbocycles. The Morgan fingerprint density at radius 1 is 1.79 bits per heavy atom. The second-order valence-electron chi connectivity index (χ2n) is 3.37. The molecule has 0 bridgehead atoms. The molecule has 0 saturated carbocycles. The van der Waals surface area contributed by atoms with Gasteiger partial charge in [-0.1, -0.05) is 6.58 Å². The van der Waals surface area contributed by atoms with Crippen LogP contribution in [0.5, 0.6) is 0 Å². The van der Waals surface area contributed by atoms with Gasteiger partial charge in [0.05, 0.1) is 19.8 Å². The van der Waals surface area contributed by atoms with Crippen LogP contribution >= 0.6 is 0 Å². The number of morpholine rings is 1. The highest BCUT2D eigenvalue weighted by molar-refractivity contribution is 5.81. The number of esters is 1. The average Bonchev–Trinajstić information content (AvgIpc) is 2.20. The van der Waals surface area contributed by atoms with Crippen molar-refractivity contribution in [2.75, 3.05) is 33.4 Å². The van der Waals surface area contributed by atoms with E-state index >= 15 is 0 Å². The van der Waals surface area contributed by atoms with Gasteiger partial charge in [0.1, 0.15) is 0 Å². The van der Waals surface area contributed by atoms with Gasteiger partial charge >= 0.3 is 5.97 Å². The third-order valence-corrected chi connectivity index (χ3v) is 2.38. The number of hydrogen-bond acceptors (Lipinski definition) is 4. The van der Waals surface area contributed by atoms with Crippen molar-refractivity contribution in [3.8, 4) is 0 Å². The summed E-state index contributed by atoms with van der Waals surface area (Å²) in [6, 6.07) is 0.362. The van der Waals surface area contributed by atoms with E-state index in [9.17, 15) is 4.79 Å². The van der Waals surface area contributed by atoms with Gasteiger partial charge in [-0.05, 0) is 13.5 Å². The van der Waals surface area contributed by atoms with Gasteiger partial charge in [-0.25, -0.2) is 4.79 Å². The number of likely N-dealkylation sites (N-methyl/N-ethyl adjacent to an activating group) is 1. The largest absolute Gasteiger partial charge is 0.462 e. The smallest absolute Gasteiger partial charge is 0.330 e. The first-order valence-corrected chi connectivity index (χ1v) is 4.81. The molecule has 1 fully saturated rings. The van der Waals surface area contributed by atoms with Crippen LogP contribution in [0.2, 0.25) is 0 Å². The van der Waals surface area contributed by atoms with E-state index < -0.39 is 0 Å². The normalized spacial score (nSPS) is 23.1. The van der Waals surface area contributed by atoms with Gasteiger partial charge in [0.25, 0.3) is 0 Å². The molecule has 14 heavy (non-hydrogen) atoms. The monoisotopic (exact) mass is 199 g/mol. The van der Waals surface area contributed by atoms with Crippen molar-refractivity contribution in [1.82, 2.24) is 4.90 Å². The first kappa shape index (κ1) is 11.2. The molecule has 4 heteroatoms. The van der Waals surface area contributed by atoms with Crippen LogP contribution in [-0.2, 0) is 14.3 Å². The lowest BCUT2D eigenvalue weighted by atomic mass is 10.2. The molecule has 0 aliphatic carbocycles. The summed E-state index contributed by atoms with van der Waals surface area (Å²) in [5.74, 6) is -0.357. The van der Waals surface area contributed by atoms with Crippen molar-refractivity contribution in [3.63, 3.8) is 0 Å². The fourth-order valence-electron chi connectivity index (χ4n) is 1.40. The third-order valence-electron chi connectivity index (χ3n) is 2.38. The second-order valence-corrected chi connectivity index (χ2v) is 3.37. The Bertz CT molecular complexity index is 206. The highest BCUT2D eigenvalue weighted by Crippen LogP contribution is 2.07. The Balaban J connectivity index is 2.16. The van der Waals surface area contributed by atoms with E-state index in [4.69, 9.17) is 9.47 Å². The van der Waals surface area contributed by atoms with Gasteiger partial charge in [-0.3, -0.25) is 4.90 Å². The summed E-state index contributed by atoms with van der Waals surface area (Å²) < 4.78 is 10.2. The van der Waals surface area contributed by atoms with Crippen molar-refractivity contribution in [1.29, 1.82) is 0 Å². The second kappa shape index (κ2) is 5.78. The van der Waals surface area contributed by atoms with Gasteiger partial charge in [-0.15, -0.1) is 0 Å². The predicted octanol–water partition coefficient (Wildman–Crippen LogP) is 0.436. The van der Waals surface area contributed by atoms with E-state index in [1.165, 1.54) is 6.08 Å². The topological polar surface area (TPSA) is 38.8 Å². The molecule has 0 spiro atoms. The molecule has 1 rings (SSSR count). The molecule has 0 aromatic rings. The van der Waals surface area contributed by atoms with E-state index in [1.807, 2.05) is 0 Å². The lowest BCUT2D eigenvalue weighted by Gasteiger charge is -2.32. The Morgan fingerprint density at radius 2 is 2.57 bits per heavy atom. The molecule has 1 aliphatic heterocycles. The number of nitrogens with zero attached hydrogens (tertiary/aromatic N) is 1. The Labute approximate surface area is 84.5 Å². The Kier molecular flexibility index (Phi) is 4.62. The van der Waals surface area contributed by atoms with Crippen molar-refractivity contribution in [2.45, 2.75) is 12.5 Å². The van der Waals surface area contributed by atoms with Crippen LogP contribution in [0.3, 0.4) is 0 Å². The van der Waals surface area contributed by atoms with E-state index in [0.29, 0.717) is 12.6 Å². The third kappa shape index (κ3) is 3.47. The van der Waals surface area contributed by atoms with Crippen LogP contribution in [0.25, 0.3) is 0 Å². The standard InChI is InChI=1S/C10H17NO3/c1-3-10(12)14-6-4-9-8-13-7-5-11(9)2/h3,9H,1,4-8H2,2H3. The van der Waals surface area contributed by atoms with Crippen molar-refractivity contribution in [2.24, 2.45) is 0 Å². The molecular formula is C10H17NO3. The minimum atomic E-state index is -0.357.